The van der Waals surface area contributed by atoms with Gasteiger partial charge in [0.25, 0.3) is 5.56 Å². The van der Waals surface area contributed by atoms with E-state index in [0.29, 0.717) is 10.7 Å². The van der Waals surface area contributed by atoms with Gasteiger partial charge in [0.05, 0.1) is 11.2 Å². The van der Waals surface area contributed by atoms with Crippen molar-refractivity contribution in [1.29, 1.82) is 0 Å². The molecule has 1 aliphatic carbocycles. The molecule has 0 amide bonds. The van der Waals surface area contributed by atoms with Gasteiger partial charge in [0.15, 0.2) is 0 Å². The topological polar surface area (TPSA) is 46.9 Å². The van der Waals surface area contributed by atoms with Crippen LogP contribution in [0.4, 0.5) is 5.69 Å². The van der Waals surface area contributed by atoms with Crippen LogP contribution in [0, 0.1) is 18.3 Å². The second kappa shape index (κ2) is 5.92. The summed E-state index contributed by atoms with van der Waals surface area (Å²) < 4.78 is 1.23. The molecular formula is C13H16ClN3O. The summed E-state index contributed by atoms with van der Waals surface area (Å²) in [6.07, 6.45) is 11.6. The van der Waals surface area contributed by atoms with Gasteiger partial charge in [0.1, 0.15) is 12.2 Å². The van der Waals surface area contributed by atoms with E-state index in [0.717, 1.165) is 18.9 Å². The number of halogens is 1. The average Bonchev–Trinajstić information content (AvgIpc) is 3.16. The SMILES string of the molecule is C#CCn1ncc(Cl)c(NCCCC2CC2)c1=O. The Morgan fingerprint density at radius 2 is 2.39 bits per heavy atom. The van der Waals surface area contributed by atoms with Crippen molar-refractivity contribution in [2.24, 2.45) is 5.92 Å². The van der Waals surface area contributed by atoms with Gasteiger partial charge in [-0.1, -0.05) is 30.4 Å². The molecule has 1 saturated carbocycles. The lowest BCUT2D eigenvalue weighted by molar-refractivity contribution is 0.659. The van der Waals surface area contributed by atoms with Crippen molar-refractivity contribution in [1.82, 2.24) is 9.78 Å². The van der Waals surface area contributed by atoms with Crippen molar-refractivity contribution in [3.05, 3.63) is 21.6 Å². The zero-order valence-electron chi connectivity index (χ0n) is 10.2. The van der Waals surface area contributed by atoms with Crippen LogP contribution in [0.25, 0.3) is 0 Å². The first-order chi connectivity index (χ1) is 8.72. The predicted molar refractivity (Wildman–Crippen MR) is 72.8 cm³/mol. The van der Waals surface area contributed by atoms with E-state index in [-0.39, 0.29) is 12.1 Å². The van der Waals surface area contributed by atoms with Crippen LogP contribution in [0.3, 0.4) is 0 Å². The molecule has 0 atom stereocenters. The maximum Gasteiger partial charge on any atom is 0.292 e. The largest absolute Gasteiger partial charge is 0.379 e. The Morgan fingerprint density at radius 1 is 1.61 bits per heavy atom. The minimum Gasteiger partial charge on any atom is -0.379 e. The number of anilines is 1. The van der Waals surface area contributed by atoms with E-state index in [1.54, 1.807) is 0 Å². The minimum atomic E-state index is -0.258. The normalized spacial score (nSPS) is 14.2. The summed E-state index contributed by atoms with van der Waals surface area (Å²) >= 11 is 5.97. The van der Waals surface area contributed by atoms with Crippen LogP contribution in [-0.2, 0) is 6.54 Å². The van der Waals surface area contributed by atoms with Crippen LogP contribution in [-0.4, -0.2) is 16.3 Å². The molecule has 0 bridgehead atoms. The Hall–Kier alpha value is -1.47. The fourth-order valence-corrected chi connectivity index (χ4v) is 2.03. The second-order valence-corrected chi connectivity index (χ2v) is 4.95. The zero-order chi connectivity index (χ0) is 13.0. The van der Waals surface area contributed by atoms with Gasteiger partial charge in [-0.3, -0.25) is 4.79 Å². The van der Waals surface area contributed by atoms with E-state index in [1.807, 2.05) is 0 Å². The number of hydrogen-bond acceptors (Lipinski definition) is 3. The lowest BCUT2D eigenvalue weighted by Crippen LogP contribution is -2.26. The highest BCUT2D eigenvalue weighted by atomic mass is 35.5. The van der Waals surface area contributed by atoms with Crippen molar-refractivity contribution in [3.63, 3.8) is 0 Å². The van der Waals surface area contributed by atoms with E-state index >= 15 is 0 Å². The molecule has 1 N–H and O–H groups in total. The Bertz CT molecular complexity index is 514. The van der Waals surface area contributed by atoms with Crippen LogP contribution in [0.2, 0.25) is 5.02 Å². The highest BCUT2D eigenvalue weighted by Gasteiger charge is 2.20. The van der Waals surface area contributed by atoms with Gasteiger partial charge in [0, 0.05) is 6.54 Å². The van der Waals surface area contributed by atoms with Crippen LogP contribution < -0.4 is 10.9 Å². The molecule has 1 aromatic heterocycles. The minimum absolute atomic E-state index is 0.159. The van der Waals surface area contributed by atoms with Crippen molar-refractivity contribution in [2.45, 2.75) is 32.2 Å². The summed E-state index contributed by atoms with van der Waals surface area (Å²) in [6, 6.07) is 0. The zero-order valence-corrected chi connectivity index (χ0v) is 10.9. The van der Waals surface area contributed by atoms with E-state index in [1.165, 1.54) is 30.1 Å². The van der Waals surface area contributed by atoms with E-state index < -0.39 is 0 Å². The highest BCUT2D eigenvalue weighted by Crippen LogP contribution is 2.33. The molecule has 1 aliphatic rings. The van der Waals surface area contributed by atoms with Crippen LogP contribution in [0.1, 0.15) is 25.7 Å². The smallest absolute Gasteiger partial charge is 0.292 e. The Balaban J connectivity index is 1.98. The molecule has 18 heavy (non-hydrogen) atoms. The lowest BCUT2D eigenvalue weighted by Gasteiger charge is -2.09. The maximum atomic E-state index is 12.0. The monoisotopic (exact) mass is 265 g/mol. The van der Waals surface area contributed by atoms with Crippen LogP contribution >= 0.6 is 11.6 Å². The third-order valence-electron chi connectivity index (χ3n) is 3.03. The first-order valence-corrected chi connectivity index (χ1v) is 6.53. The number of nitrogens with zero attached hydrogens (tertiary/aromatic N) is 2. The van der Waals surface area contributed by atoms with Crippen LogP contribution in [0.5, 0.6) is 0 Å². The maximum absolute atomic E-state index is 12.0. The van der Waals surface area contributed by atoms with Crippen molar-refractivity contribution in [3.8, 4) is 12.3 Å². The molecule has 1 aromatic rings. The van der Waals surface area contributed by atoms with Gasteiger partial charge in [-0.25, -0.2) is 4.68 Å². The summed E-state index contributed by atoms with van der Waals surface area (Å²) in [4.78, 5) is 12.0. The van der Waals surface area contributed by atoms with Crippen molar-refractivity contribution >= 4 is 17.3 Å². The lowest BCUT2D eigenvalue weighted by atomic mass is 10.2. The summed E-state index contributed by atoms with van der Waals surface area (Å²) in [5.41, 5.74) is 0.143. The first-order valence-electron chi connectivity index (χ1n) is 6.15. The van der Waals surface area contributed by atoms with Crippen molar-refractivity contribution < 1.29 is 0 Å². The van der Waals surface area contributed by atoms with Gasteiger partial charge in [-0.2, -0.15) is 5.10 Å². The van der Waals surface area contributed by atoms with Gasteiger partial charge in [-0.05, 0) is 18.8 Å². The van der Waals surface area contributed by atoms with Crippen LogP contribution in [0.15, 0.2) is 11.0 Å². The molecule has 0 aliphatic heterocycles. The van der Waals surface area contributed by atoms with Gasteiger partial charge in [0.2, 0.25) is 0 Å². The second-order valence-electron chi connectivity index (χ2n) is 4.55. The summed E-state index contributed by atoms with van der Waals surface area (Å²) in [6.45, 7) is 0.915. The molecule has 0 radical (unpaired) electrons. The fraction of sp³-hybridized carbons (Fsp3) is 0.538. The number of aromatic nitrogens is 2. The number of nitrogens with one attached hydrogen (secondary N) is 1. The number of hydrogen-bond donors (Lipinski definition) is 1. The molecule has 96 valence electrons. The Labute approximate surface area is 111 Å². The standard InChI is InChI=1S/C13H16ClN3O/c1-2-8-17-13(18)12(11(14)9-16-17)15-7-3-4-10-5-6-10/h1,9-10,15H,3-8H2. The summed E-state index contributed by atoms with van der Waals surface area (Å²) in [5, 5.41) is 7.32. The molecule has 4 nitrogen and oxygen atoms in total. The van der Waals surface area contributed by atoms with E-state index in [9.17, 15) is 4.79 Å². The highest BCUT2D eigenvalue weighted by molar-refractivity contribution is 6.32. The molecule has 0 aromatic carbocycles. The third kappa shape index (κ3) is 3.27. The molecule has 0 unspecified atom stereocenters. The molecular weight excluding hydrogens is 250 g/mol. The summed E-state index contributed by atoms with van der Waals surface area (Å²) in [5.74, 6) is 3.29. The van der Waals surface area contributed by atoms with E-state index in [4.69, 9.17) is 18.0 Å². The fourth-order valence-electron chi connectivity index (χ4n) is 1.84. The number of terminal acetylenes is 1. The Morgan fingerprint density at radius 3 is 3.06 bits per heavy atom. The third-order valence-corrected chi connectivity index (χ3v) is 3.31. The molecule has 1 fully saturated rings. The predicted octanol–water partition coefficient (Wildman–Crippen LogP) is 2.13. The molecule has 1 heterocycles. The summed E-state index contributed by atoms with van der Waals surface area (Å²) in [7, 11) is 0. The molecule has 5 heteroatoms. The van der Waals surface area contributed by atoms with Gasteiger partial charge in [-0.15, -0.1) is 6.42 Å². The average molecular weight is 266 g/mol. The van der Waals surface area contributed by atoms with E-state index in [2.05, 4.69) is 16.3 Å². The molecule has 2 rings (SSSR count). The van der Waals surface area contributed by atoms with Gasteiger partial charge < -0.3 is 5.32 Å². The van der Waals surface area contributed by atoms with Crippen molar-refractivity contribution in [2.75, 3.05) is 11.9 Å². The molecule has 0 spiro atoms. The quantitative estimate of drug-likeness (QED) is 0.633. The molecule has 0 saturated heterocycles. The van der Waals surface area contributed by atoms with Gasteiger partial charge >= 0.3 is 0 Å². The first kappa shape index (κ1) is 13.0. The number of rotatable bonds is 6. The Kier molecular flexibility index (Phi) is 4.27.